The average Bonchev–Trinajstić information content (AvgIpc) is 2.45. The summed E-state index contributed by atoms with van der Waals surface area (Å²) < 4.78 is 5.03. The van der Waals surface area contributed by atoms with Crippen molar-refractivity contribution in [1.82, 2.24) is 5.32 Å². The van der Waals surface area contributed by atoms with Gasteiger partial charge in [-0.3, -0.25) is 4.79 Å². The lowest BCUT2D eigenvalue weighted by atomic mass is 9.99. The van der Waals surface area contributed by atoms with Gasteiger partial charge < -0.3 is 10.1 Å². The molecule has 2 unspecified atom stereocenters. The molecule has 0 bridgehead atoms. The average molecular weight is 260 g/mol. The maximum atomic E-state index is 12.0. The maximum absolute atomic E-state index is 12.0. The van der Waals surface area contributed by atoms with Crippen LogP contribution < -0.4 is 5.32 Å². The van der Waals surface area contributed by atoms with E-state index in [9.17, 15) is 4.79 Å². The molecule has 1 N–H and O–H groups in total. The van der Waals surface area contributed by atoms with Gasteiger partial charge in [-0.25, -0.2) is 0 Å². The van der Waals surface area contributed by atoms with E-state index in [1.165, 1.54) is 0 Å². The van der Waals surface area contributed by atoms with Crippen LogP contribution in [-0.4, -0.2) is 25.7 Å². The highest BCUT2D eigenvalue weighted by molar-refractivity contribution is 5.81. The van der Waals surface area contributed by atoms with E-state index in [4.69, 9.17) is 10.00 Å². The Kier molecular flexibility index (Phi) is 6.62. The molecule has 0 radical (unpaired) electrons. The second kappa shape index (κ2) is 8.28. The van der Waals surface area contributed by atoms with Crippen LogP contribution in [0.1, 0.15) is 18.9 Å². The maximum Gasteiger partial charge on any atom is 0.237 e. The number of ether oxygens (including phenoxy) is 1. The monoisotopic (exact) mass is 260 g/mol. The van der Waals surface area contributed by atoms with E-state index in [1.807, 2.05) is 37.3 Å². The molecule has 0 aromatic heterocycles. The van der Waals surface area contributed by atoms with Crippen LogP contribution in [0.5, 0.6) is 0 Å². The Labute approximate surface area is 114 Å². The molecule has 0 aliphatic carbocycles. The van der Waals surface area contributed by atoms with Gasteiger partial charge in [0.15, 0.2) is 0 Å². The summed E-state index contributed by atoms with van der Waals surface area (Å²) in [6, 6.07) is 11.6. The van der Waals surface area contributed by atoms with Gasteiger partial charge in [-0.15, -0.1) is 0 Å². The lowest BCUT2D eigenvalue weighted by molar-refractivity contribution is -0.124. The molecule has 0 fully saturated rings. The van der Waals surface area contributed by atoms with E-state index in [0.717, 1.165) is 12.0 Å². The molecule has 0 aliphatic heterocycles. The van der Waals surface area contributed by atoms with Crippen molar-refractivity contribution in [2.24, 2.45) is 5.92 Å². The molecule has 0 spiro atoms. The summed E-state index contributed by atoms with van der Waals surface area (Å²) in [4.78, 5) is 12.0. The number of methoxy groups -OCH3 is 1. The van der Waals surface area contributed by atoms with E-state index in [0.29, 0.717) is 13.0 Å². The highest BCUT2D eigenvalue weighted by atomic mass is 16.5. The highest BCUT2D eigenvalue weighted by Gasteiger charge is 2.20. The third kappa shape index (κ3) is 5.11. The molecule has 0 saturated heterocycles. The summed E-state index contributed by atoms with van der Waals surface area (Å²) in [5.74, 6) is -0.886. The van der Waals surface area contributed by atoms with Crippen molar-refractivity contribution >= 4 is 5.91 Å². The molecule has 1 rings (SSSR count). The number of amides is 1. The van der Waals surface area contributed by atoms with Gasteiger partial charge in [0, 0.05) is 7.11 Å². The van der Waals surface area contributed by atoms with E-state index >= 15 is 0 Å². The first-order valence-electron chi connectivity index (χ1n) is 6.44. The molecule has 0 saturated carbocycles. The minimum absolute atomic E-state index is 0.0378. The molecule has 0 aliphatic rings. The number of benzene rings is 1. The lowest BCUT2D eigenvalue weighted by Crippen LogP contribution is -2.41. The normalized spacial score (nSPS) is 13.3. The number of carbonyl (C=O) groups excluding carboxylic acids is 1. The summed E-state index contributed by atoms with van der Waals surface area (Å²) >= 11 is 0. The summed E-state index contributed by atoms with van der Waals surface area (Å²) in [6.45, 7) is 2.44. The first-order valence-corrected chi connectivity index (χ1v) is 6.44. The van der Waals surface area contributed by atoms with Crippen LogP contribution in [0.4, 0.5) is 0 Å². The highest BCUT2D eigenvalue weighted by Crippen LogP contribution is 2.09. The number of carbonyl (C=O) groups is 1. The number of nitrogens with one attached hydrogen (secondary N) is 1. The van der Waals surface area contributed by atoms with Crippen LogP contribution in [0.2, 0.25) is 0 Å². The lowest BCUT2D eigenvalue weighted by Gasteiger charge is -2.18. The molecule has 1 aromatic carbocycles. The van der Waals surface area contributed by atoms with E-state index in [2.05, 4.69) is 11.4 Å². The van der Waals surface area contributed by atoms with E-state index < -0.39 is 5.92 Å². The standard InChI is InChI=1S/C15H20N2O2/c1-3-14(11-19-2)17-15(18)13(10-16)9-12-7-5-4-6-8-12/h4-8,13-14H,3,9,11H2,1-2H3,(H,17,18). The van der Waals surface area contributed by atoms with Crippen molar-refractivity contribution in [2.75, 3.05) is 13.7 Å². The van der Waals surface area contributed by atoms with Crippen LogP contribution in [0.3, 0.4) is 0 Å². The van der Waals surface area contributed by atoms with Gasteiger partial charge >= 0.3 is 0 Å². The predicted molar refractivity (Wildman–Crippen MR) is 73.3 cm³/mol. The fraction of sp³-hybridized carbons (Fsp3) is 0.467. The van der Waals surface area contributed by atoms with Crippen LogP contribution in [-0.2, 0) is 16.0 Å². The first-order chi connectivity index (χ1) is 9.21. The fourth-order valence-electron chi connectivity index (χ4n) is 1.81. The van der Waals surface area contributed by atoms with Crippen LogP contribution in [0, 0.1) is 17.2 Å². The second-order valence-corrected chi connectivity index (χ2v) is 4.44. The minimum atomic E-state index is -0.659. The topological polar surface area (TPSA) is 62.1 Å². The van der Waals surface area contributed by atoms with Crippen LogP contribution in [0.25, 0.3) is 0 Å². The Morgan fingerprint density at radius 3 is 2.63 bits per heavy atom. The molecule has 102 valence electrons. The van der Waals surface area contributed by atoms with Crippen molar-refractivity contribution in [3.8, 4) is 6.07 Å². The number of nitriles is 1. The Morgan fingerprint density at radius 2 is 2.11 bits per heavy atom. The summed E-state index contributed by atoms with van der Waals surface area (Å²) in [6.07, 6.45) is 1.22. The Balaban J connectivity index is 2.60. The Morgan fingerprint density at radius 1 is 1.42 bits per heavy atom. The van der Waals surface area contributed by atoms with Gasteiger partial charge in [0.2, 0.25) is 5.91 Å². The number of rotatable bonds is 7. The summed E-state index contributed by atoms with van der Waals surface area (Å²) in [5, 5.41) is 12.0. The first kappa shape index (κ1) is 15.2. The molecule has 19 heavy (non-hydrogen) atoms. The van der Waals surface area contributed by atoms with Gasteiger partial charge in [-0.2, -0.15) is 5.26 Å². The van der Waals surface area contributed by atoms with Gasteiger partial charge in [0.25, 0.3) is 0 Å². The molecule has 4 heteroatoms. The molecule has 1 amide bonds. The third-order valence-electron chi connectivity index (χ3n) is 2.96. The molecular weight excluding hydrogens is 240 g/mol. The van der Waals surface area contributed by atoms with Crippen molar-refractivity contribution in [3.05, 3.63) is 35.9 Å². The predicted octanol–water partition coefficient (Wildman–Crippen LogP) is 1.91. The smallest absolute Gasteiger partial charge is 0.237 e. The number of hydrogen-bond acceptors (Lipinski definition) is 3. The van der Waals surface area contributed by atoms with Crippen LogP contribution in [0.15, 0.2) is 30.3 Å². The van der Waals surface area contributed by atoms with Gasteiger partial charge in [-0.1, -0.05) is 37.3 Å². The van der Waals surface area contributed by atoms with Gasteiger partial charge in [-0.05, 0) is 18.4 Å². The molecular formula is C15H20N2O2. The SMILES string of the molecule is CCC(COC)NC(=O)C(C#N)Cc1ccccc1. The zero-order chi connectivity index (χ0) is 14.1. The van der Waals surface area contributed by atoms with Crippen molar-refractivity contribution in [2.45, 2.75) is 25.8 Å². The molecule has 1 aromatic rings. The van der Waals surface area contributed by atoms with Crippen LogP contribution >= 0.6 is 0 Å². The quantitative estimate of drug-likeness (QED) is 0.814. The van der Waals surface area contributed by atoms with Gasteiger partial charge in [0.05, 0.1) is 18.7 Å². The Bertz CT molecular complexity index is 426. The van der Waals surface area contributed by atoms with E-state index in [1.54, 1.807) is 7.11 Å². The Hall–Kier alpha value is -1.86. The van der Waals surface area contributed by atoms with Gasteiger partial charge in [0.1, 0.15) is 5.92 Å². The third-order valence-corrected chi connectivity index (χ3v) is 2.96. The fourth-order valence-corrected chi connectivity index (χ4v) is 1.81. The van der Waals surface area contributed by atoms with Crippen molar-refractivity contribution in [1.29, 1.82) is 5.26 Å². The van der Waals surface area contributed by atoms with Crippen molar-refractivity contribution < 1.29 is 9.53 Å². The molecule has 4 nitrogen and oxygen atoms in total. The zero-order valence-corrected chi connectivity index (χ0v) is 11.4. The summed E-state index contributed by atoms with van der Waals surface area (Å²) in [5.41, 5.74) is 0.990. The summed E-state index contributed by atoms with van der Waals surface area (Å²) in [7, 11) is 1.60. The molecule has 0 heterocycles. The second-order valence-electron chi connectivity index (χ2n) is 4.44. The largest absolute Gasteiger partial charge is 0.383 e. The number of hydrogen-bond donors (Lipinski definition) is 1. The minimum Gasteiger partial charge on any atom is -0.383 e. The van der Waals surface area contributed by atoms with E-state index in [-0.39, 0.29) is 11.9 Å². The molecule has 2 atom stereocenters. The van der Waals surface area contributed by atoms with Crippen molar-refractivity contribution in [3.63, 3.8) is 0 Å². The zero-order valence-electron chi connectivity index (χ0n) is 11.4. The number of nitrogens with zero attached hydrogens (tertiary/aromatic N) is 1.